The molecule has 166 valence electrons. The summed E-state index contributed by atoms with van der Waals surface area (Å²) in [7, 11) is 3.43. The van der Waals surface area contributed by atoms with Crippen LogP contribution in [0.4, 0.5) is 11.6 Å². The van der Waals surface area contributed by atoms with E-state index in [0.717, 1.165) is 43.0 Å². The predicted octanol–water partition coefficient (Wildman–Crippen LogP) is 3.28. The molecule has 31 heavy (non-hydrogen) atoms. The molecule has 9 heteroatoms. The van der Waals surface area contributed by atoms with Gasteiger partial charge < -0.3 is 15.1 Å². The van der Waals surface area contributed by atoms with Gasteiger partial charge in [0.25, 0.3) is 5.91 Å². The molecule has 2 amide bonds. The number of rotatable bonds is 7. The Morgan fingerprint density at radius 1 is 1.10 bits per heavy atom. The molecule has 1 aromatic carbocycles. The van der Waals surface area contributed by atoms with E-state index >= 15 is 0 Å². The van der Waals surface area contributed by atoms with E-state index in [0.29, 0.717) is 17.3 Å². The SMILES string of the molecule is CC1CCN(c2nnc(SCC(=O)Nc3ccc(C(=O)N(C)C)cc3)n2C2CC2)CC1. The maximum Gasteiger partial charge on any atom is 0.253 e. The van der Waals surface area contributed by atoms with E-state index in [2.05, 4.69) is 31.9 Å². The van der Waals surface area contributed by atoms with Gasteiger partial charge in [0.1, 0.15) is 0 Å². The van der Waals surface area contributed by atoms with E-state index in [1.807, 2.05) is 0 Å². The van der Waals surface area contributed by atoms with Crippen LogP contribution in [0.25, 0.3) is 0 Å². The smallest absolute Gasteiger partial charge is 0.253 e. The topological polar surface area (TPSA) is 83.4 Å². The molecule has 1 aliphatic heterocycles. The lowest BCUT2D eigenvalue weighted by Gasteiger charge is -2.31. The third kappa shape index (κ3) is 5.20. The summed E-state index contributed by atoms with van der Waals surface area (Å²) in [6, 6.07) is 7.40. The number of nitrogens with one attached hydrogen (secondary N) is 1. The Labute approximate surface area is 187 Å². The molecule has 1 saturated heterocycles. The van der Waals surface area contributed by atoms with E-state index in [1.54, 1.807) is 38.4 Å². The highest BCUT2D eigenvalue weighted by Gasteiger charge is 2.32. The minimum absolute atomic E-state index is 0.0631. The first-order chi connectivity index (χ1) is 14.9. The molecule has 1 aliphatic carbocycles. The second-order valence-electron chi connectivity index (χ2n) is 8.67. The van der Waals surface area contributed by atoms with Crippen molar-refractivity contribution >= 4 is 35.2 Å². The van der Waals surface area contributed by atoms with Gasteiger partial charge in [0, 0.05) is 44.5 Å². The number of piperidine rings is 1. The molecule has 2 fully saturated rings. The minimum atomic E-state index is -0.101. The molecule has 0 unspecified atom stereocenters. The first-order valence-corrected chi connectivity index (χ1v) is 11.8. The van der Waals surface area contributed by atoms with Crippen LogP contribution in [0, 0.1) is 5.92 Å². The molecule has 2 heterocycles. The molecule has 1 saturated carbocycles. The first-order valence-electron chi connectivity index (χ1n) is 10.9. The van der Waals surface area contributed by atoms with E-state index in [4.69, 9.17) is 0 Å². The molecule has 4 rings (SSSR count). The van der Waals surface area contributed by atoms with Crippen molar-refractivity contribution in [2.75, 3.05) is 43.2 Å². The van der Waals surface area contributed by atoms with Gasteiger partial charge in [-0.25, -0.2) is 0 Å². The third-order valence-corrected chi connectivity index (χ3v) is 6.72. The number of nitrogens with zero attached hydrogens (tertiary/aromatic N) is 5. The van der Waals surface area contributed by atoms with E-state index in [-0.39, 0.29) is 17.6 Å². The second-order valence-corrected chi connectivity index (χ2v) is 9.61. The summed E-state index contributed by atoms with van der Waals surface area (Å²) < 4.78 is 2.23. The Balaban J connectivity index is 1.36. The predicted molar refractivity (Wildman–Crippen MR) is 123 cm³/mol. The number of carbonyl (C=O) groups is 2. The second kappa shape index (κ2) is 9.30. The summed E-state index contributed by atoms with van der Waals surface area (Å²) in [5.41, 5.74) is 1.27. The number of hydrogen-bond donors (Lipinski definition) is 1. The number of thioether (sulfide) groups is 1. The molecular weight excluding hydrogens is 412 g/mol. The van der Waals surface area contributed by atoms with E-state index in [9.17, 15) is 9.59 Å². The number of carbonyl (C=O) groups excluding carboxylic acids is 2. The van der Waals surface area contributed by atoms with E-state index < -0.39 is 0 Å². The van der Waals surface area contributed by atoms with Crippen LogP contribution in [0.2, 0.25) is 0 Å². The molecule has 0 spiro atoms. The molecule has 2 aromatic rings. The van der Waals surface area contributed by atoms with Gasteiger partial charge in [-0.05, 0) is 55.9 Å². The maximum atomic E-state index is 12.5. The Kier molecular flexibility index (Phi) is 6.50. The van der Waals surface area contributed by atoms with Crippen LogP contribution in [0.5, 0.6) is 0 Å². The van der Waals surface area contributed by atoms with Gasteiger partial charge in [-0.1, -0.05) is 18.7 Å². The lowest BCUT2D eigenvalue weighted by Crippen LogP contribution is -2.34. The summed E-state index contributed by atoms with van der Waals surface area (Å²) in [5.74, 6) is 1.82. The molecule has 0 radical (unpaired) electrons. The number of anilines is 2. The van der Waals surface area contributed by atoms with Crippen molar-refractivity contribution in [3.05, 3.63) is 29.8 Å². The number of hydrogen-bond acceptors (Lipinski definition) is 6. The third-order valence-electron chi connectivity index (χ3n) is 5.78. The zero-order chi connectivity index (χ0) is 22.0. The quantitative estimate of drug-likeness (QED) is 0.663. The van der Waals surface area contributed by atoms with Gasteiger partial charge in [0.05, 0.1) is 5.75 Å². The summed E-state index contributed by atoms with van der Waals surface area (Å²) in [5, 5.41) is 12.6. The van der Waals surface area contributed by atoms with Crippen LogP contribution in [0.3, 0.4) is 0 Å². The monoisotopic (exact) mass is 442 g/mol. The molecule has 8 nitrogen and oxygen atoms in total. The average Bonchev–Trinajstić information content (AvgIpc) is 3.52. The molecule has 1 aromatic heterocycles. The highest BCUT2D eigenvalue weighted by Crippen LogP contribution is 2.41. The van der Waals surface area contributed by atoms with Gasteiger partial charge in [-0.2, -0.15) is 0 Å². The zero-order valence-electron chi connectivity index (χ0n) is 18.4. The van der Waals surface area contributed by atoms with E-state index in [1.165, 1.54) is 29.5 Å². The van der Waals surface area contributed by atoms with Crippen molar-refractivity contribution in [2.24, 2.45) is 5.92 Å². The number of amides is 2. The van der Waals surface area contributed by atoms with Crippen molar-refractivity contribution < 1.29 is 9.59 Å². The fraction of sp³-hybridized carbons (Fsp3) is 0.545. The number of benzene rings is 1. The zero-order valence-corrected chi connectivity index (χ0v) is 19.2. The van der Waals surface area contributed by atoms with Crippen LogP contribution in [-0.2, 0) is 4.79 Å². The lowest BCUT2D eigenvalue weighted by atomic mass is 10.00. The molecule has 2 aliphatic rings. The van der Waals surface area contributed by atoms with Crippen LogP contribution in [-0.4, -0.2) is 64.4 Å². The molecule has 0 bridgehead atoms. The fourth-order valence-corrected chi connectivity index (χ4v) is 4.53. The van der Waals surface area contributed by atoms with Crippen LogP contribution in [0.1, 0.15) is 49.0 Å². The van der Waals surface area contributed by atoms with Gasteiger partial charge in [-0.3, -0.25) is 14.2 Å². The van der Waals surface area contributed by atoms with Gasteiger partial charge in [0.2, 0.25) is 11.9 Å². The normalized spacial score (nSPS) is 16.9. The van der Waals surface area contributed by atoms with Crippen molar-refractivity contribution in [1.29, 1.82) is 0 Å². The molecule has 1 N–H and O–H groups in total. The minimum Gasteiger partial charge on any atom is -0.345 e. The summed E-state index contributed by atoms with van der Waals surface area (Å²) >= 11 is 1.43. The number of aromatic nitrogens is 3. The fourth-order valence-electron chi connectivity index (χ4n) is 3.73. The van der Waals surface area contributed by atoms with Gasteiger partial charge >= 0.3 is 0 Å². The van der Waals surface area contributed by atoms with Crippen molar-refractivity contribution in [3.63, 3.8) is 0 Å². The Morgan fingerprint density at radius 3 is 2.39 bits per heavy atom. The molecule has 0 atom stereocenters. The van der Waals surface area contributed by atoms with Crippen molar-refractivity contribution in [2.45, 2.75) is 43.8 Å². The summed E-state index contributed by atoms with van der Waals surface area (Å²) in [6.45, 7) is 4.34. The Morgan fingerprint density at radius 2 is 1.77 bits per heavy atom. The summed E-state index contributed by atoms with van der Waals surface area (Å²) in [6.07, 6.45) is 4.66. The van der Waals surface area contributed by atoms with Crippen LogP contribution in [0.15, 0.2) is 29.4 Å². The Bertz CT molecular complexity index is 930. The highest BCUT2D eigenvalue weighted by molar-refractivity contribution is 7.99. The van der Waals surface area contributed by atoms with Crippen LogP contribution < -0.4 is 10.2 Å². The molecular formula is C22H30N6O2S. The standard InChI is InChI=1S/C22H30N6O2S/c1-15-10-12-27(13-11-15)21-24-25-22(28(21)18-8-9-18)31-14-19(29)23-17-6-4-16(5-7-17)20(30)26(2)3/h4-7,15,18H,8-14H2,1-3H3,(H,23,29). The Hall–Kier alpha value is -2.55. The summed E-state index contributed by atoms with van der Waals surface area (Å²) in [4.78, 5) is 28.3. The average molecular weight is 443 g/mol. The van der Waals surface area contributed by atoms with Gasteiger partial charge in [0.15, 0.2) is 5.16 Å². The maximum absolute atomic E-state index is 12.5. The van der Waals surface area contributed by atoms with Gasteiger partial charge in [-0.15, -0.1) is 10.2 Å². The first kappa shape index (κ1) is 21.7. The lowest BCUT2D eigenvalue weighted by molar-refractivity contribution is -0.113. The van der Waals surface area contributed by atoms with Crippen molar-refractivity contribution in [3.8, 4) is 0 Å². The van der Waals surface area contributed by atoms with Crippen molar-refractivity contribution in [1.82, 2.24) is 19.7 Å². The largest absolute Gasteiger partial charge is 0.345 e. The highest BCUT2D eigenvalue weighted by atomic mass is 32.2. The van der Waals surface area contributed by atoms with Crippen LogP contribution >= 0.6 is 11.8 Å².